The zero-order valence-electron chi connectivity index (χ0n) is 14.6. The Morgan fingerprint density at radius 1 is 1.23 bits per heavy atom. The number of phenolic OH excluding ortho intramolecular Hbond substituents is 1. The Morgan fingerprint density at radius 3 is 2.69 bits per heavy atom. The van der Waals surface area contributed by atoms with Crippen molar-refractivity contribution in [1.82, 2.24) is 9.78 Å². The van der Waals surface area contributed by atoms with Crippen LogP contribution in [0.2, 0.25) is 0 Å². The number of anilines is 1. The van der Waals surface area contributed by atoms with E-state index in [-0.39, 0.29) is 17.6 Å². The van der Waals surface area contributed by atoms with Gasteiger partial charge in [0.2, 0.25) is 5.91 Å². The number of aryl methyl sites for hydroxylation is 1. The summed E-state index contributed by atoms with van der Waals surface area (Å²) in [4.78, 5) is 12.3. The quantitative estimate of drug-likeness (QED) is 0.760. The molecule has 0 aliphatic carbocycles. The Kier molecular flexibility index (Phi) is 3.88. The summed E-state index contributed by atoms with van der Waals surface area (Å²) in [6.45, 7) is 2.02. The van der Waals surface area contributed by atoms with Crippen LogP contribution < -0.4 is 10.1 Å². The number of nitrogens with zero attached hydrogens (tertiary/aromatic N) is 2. The van der Waals surface area contributed by atoms with E-state index in [1.54, 1.807) is 23.0 Å². The van der Waals surface area contributed by atoms with E-state index in [2.05, 4.69) is 10.4 Å². The number of carbonyl (C=O) groups is 1. The first-order valence-corrected chi connectivity index (χ1v) is 8.38. The second-order valence-corrected chi connectivity index (χ2v) is 6.43. The molecule has 2 N–H and O–H groups in total. The lowest BCUT2D eigenvalue weighted by Crippen LogP contribution is -2.24. The van der Waals surface area contributed by atoms with E-state index in [9.17, 15) is 9.90 Å². The summed E-state index contributed by atoms with van der Waals surface area (Å²) >= 11 is 0. The number of phenols is 1. The fourth-order valence-electron chi connectivity index (χ4n) is 3.32. The molecule has 0 saturated carbocycles. The Balaban J connectivity index is 1.78. The number of hydrogen-bond acceptors (Lipinski definition) is 4. The van der Waals surface area contributed by atoms with Gasteiger partial charge in [-0.1, -0.05) is 23.8 Å². The van der Waals surface area contributed by atoms with Crippen molar-refractivity contribution in [3.05, 3.63) is 65.4 Å². The molecule has 2 heterocycles. The highest BCUT2D eigenvalue weighted by Gasteiger charge is 2.30. The maximum atomic E-state index is 12.3. The second-order valence-electron chi connectivity index (χ2n) is 6.43. The predicted molar refractivity (Wildman–Crippen MR) is 98.0 cm³/mol. The van der Waals surface area contributed by atoms with Gasteiger partial charge in [-0.3, -0.25) is 4.79 Å². The number of rotatable bonds is 3. The average molecular weight is 349 g/mol. The minimum absolute atomic E-state index is 0.0588. The van der Waals surface area contributed by atoms with Crippen molar-refractivity contribution < 1.29 is 14.6 Å². The van der Waals surface area contributed by atoms with Crippen LogP contribution in [0.4, 0.5) is 5.82 Å². The summed E-state index contributed by atoms with van der Waals surface area (Å²) in [7, 11) is 1.51. The van der Waals surface area contributed by atoms with Crippen molar-refractivity contribution in [2.75, 3.05) is 12.4 Å². The normalized spacial score (nSPS) is 16.1. The highest BCUT2D eigenvalue weighted by molar-refractivity contribution is 5.94. The zero-order chi connectivity index (χ0) is 18.3. The van der Waals surface area contributed by atoms with Gasteiger partial charge in [-0.2, -0.15) is 5.10 Å². The number of methoxy groups -OCH3 is 1. The first-order chi connectivity index (χ1) is 12.6. The molecule has 0 fully saturated rings. The van der Waals surface area contributed by atoms with Crippen LogP contribution in [0.5, 0.6) is 11.5 Å². The fraction of sp³-hybridized carbons (Fsp3) is 0.200. The molecule has 4 rings (SSSR count). The zero-order valence-corrected chi connectivity index (χ0v) is 14.6. The van der Waals surface area contributed by atoms with E-state index in [1.807, 2.05) is 37.3 Å². The number of ether oxygens (including phenoxy) is 1. The molecule has 6 nitrogen and oxygen atoms in total. The Labute approximate surface area is 151 Å². The summed E-state index contributed by atoms with van der Waals surface area (Å²) in [5.41, 5.74) is 3.82. The van der Waals surface area contributed by atoms with Crippen molar-refractivity contribution in [2.24, 2.45) is 0 Å². The first kappa shape index (κ1) is 16.2. The number of fused-ring (bicyclic) bond motifs is 1. The third kappa shape index (κ3) is 2.69. The van der Waals surface area contributed by atoms with E-state index >= 15 is 0 Å². The highest BCUT2D eigenvalue weighted by atomic mass is 16.5. The Bertz CT molecular complexity index is 976. The molecule has 6 heteroatoms. The van der Waals surface area contributed by atoms with Gasteiger partial charge in [-0.25, -0.2) is 4.68 Å². The molecular formula is C20H19N3O3. The van der Waals surface area contributed by atoms with Gasteiger partial charge in [0.15, 0.2) is 11.5 Å². The maximum Gasteiger partial charge on any atom is 0.226 e. The summed E-state index contributed by atoms with van der Waals surface area (Å²) in [5.74, 6) is 0.889. The number of nitrogens with one attached hydrogen (secondary N) is 1. The molecule has 0 radical (unpaired) electrons. The van der Waals surface area contributed by atoms with Crippen molar-refractivity contribution in [3.63, 3.8) is 0 Å². The molecule has 0 saturated heterocycles. The van der Waals surface area contributed by atoms with Crippen molar-refractivity contribution >= 4 is 11.7 Å². The standard InChI is InChI=1S/C20H19N3O3/c1-12-3-6-14(7-4-12)23-20-16(11-21-23)15(10-19(25)22-20)13-5-8-18(26-2)17(24)9-13/h3-9,11,15,24H,10H2,1-2H3,(H,22,25). The number of hydrogen-bond donors (Lipinski definition) is 2. The lowest BCUT2D eigenvalue weighted by atomic mass is 9.87. The van der Waals surface area contributed by atoms with E-state index < -0.39 is 0 Å². The van der Waals surface area contributed by atoms with Crippen LogP contribution in [0.3, 0.4) is 0 Å². The Morgan fingerprint density at radius 2 is 2.00 bits per heavy atom. The molecule has 1 atom stereocenters. The van der Waals surface area contributed by atoms with E-state index in [4.69, 9.17) is 4.74 Å². The van der Waals surface area contributed by atoms with E-state index in [1.165, 1.54) is 7.11 Å². The molecule has 3 aromatic rings. The van der Waals surface area contributed by atoms with Gasteiger partial charge < -0.3 is 15.2 Å². The topological polar surface area (TPSA) is 76.4 Å². The summed E-state index contributed by atoms with van der Waals surface area (Å²) in [6.07, 6.45) is 2.08. The molecule has 1 amide bonds. The van der Waals surface area contributed by atoms with Gasteiger partial charge in [0.05, 0.1) is 19.0 Å². The van der Waals surface area contributed by atoms with Crippen LogP contribution in [0, 0.1) is 6.92 Å². The minimum atomic E-state index is -0.172. The van der Waals surface area contributed by atoms with Crippen molar-refractivity contribution in [2.45, 2.75) is 19.3 Å². The van der Waals surface area contributed by atoms with E-state index in [0.717, 1.165) is 22.4 Å². The molecular weight excluding hydrogens is 330 g/mol. The van der Waals surface area contributed by atoms with Crippen LogP contribution in [0.1, 0.15) is 29.0 Å². The average Bonchev–Trinajstić information content (AvgIpc) is 3.05. The number of carbonyl (C=O) groups excluding carboxylic acids is 1. The minimum Gasteiger partial charge on any atom is -0.504 e. The van der Waals surface area contributed by atoms with Crippen LogP contribution in [-0.2, 0) is 4.79 Å². The molecule has 2 aromatic carbocycles. The summed E-state index contributed by atoms with van der Waals surface area (Å²) in [5, 5.41) is 17.5. The molecule has 1 aliphatic rings. The van der Waals surface area contributed by atoms with Gasteiger partial charge in [0, 0.05) is 17.9 Å². The summed E-state index contributed by atoms with van der Waals surface area (Å²) < 4.78 is 6.84. The van der Waals surface area contributed by atoms with E-state index in [0.29, 0.717) is 18.0 Å². The van der Waals surface area contributed by atoms with Crippen molar-refractivity contribution in [1.29, 1.82) is 0 Å². The number of aromatic hydroxyl groups is 1. The molecule has 132 valence electrons. The summed E-state index contributed by atoms with van der Waals surface area (Å²) in [6, 6.07) is 13.2. The lowest BCUT2D eigenvalue weighted by molar-refractivity contribution is -0.116. The molecule has 0 spiro atoms. The molecule has 1 aliphatic heterocycles. The SMILES string of the molecule is COc1ccc(C2CC(=O)Nc3c2cnn3-c2ccc(C)cc2)cc1O. The van der Waals surface area contributed by atoms with Crippen LogP contribution in [-0.4, -0.2) is 27.9 Å². The van der Waals surface area contributed by atoms with Crippen molar-refractivity contribution in [3.8, 4) is 17.2 Å². The lowest BCUT2D eigenvalue weighted by Gasteiger charge is -2.24. The molecule has 1 unspecified atom stereocenters. The molecule has 26 heavy (non-hydrogen) atoms. The van der Waals surface area contributed by atoms with Gasteiger partial charge >= 0.3 is 0 Å². The number of aromatic nitrogens is 2. The van der Waals surface area contributed by atoms with Gasteiger partial charge in [0.25, 0.3) is 0 Å². The predicted octanol–water partition coefficient (Wildman–Crippen LogP) is 3.37. The second kappa shape index (κ2) is 6.22. The first-order valence-electron chi connectivity index (χ1n) is 8.38. The smallest absolute Gasteiger partial charge is 0.226 e. The number of benzene rings is 2. The van der Waals surface area contributed by atoms with Crippen LogP contribution >= 0.6 is 0 Å². The number of amides is 1. The third-order valence-electron chi connectivity index (χ3n) is 4.70. The molecule has 0 bridgehead atoms. The van der Waals surface area contributed by atoms with Gasteiger partial charge in [-0.15, -0.1) is 0 Å². The largest absolute Gasteiger partial charge is 0.504 e. The van der Waals surface area contributed by atoms with Crippen LogP contribution in [0.15, 0.2) is 48.7 Å². The van der Waals surface area contributed by atoms with Crippen LogP contribution in [0.25, 0.3) is 5.69 Å². The molecule has 1 aromatic heterocycles. The maximum absolute atomic E-state index is 12.3. The monoisotopic (exact) mass is 349 g/mol. The third-order valence-corrected chi connectivity index (χ3v) is 4.70. The highest BCUT2D eigenvalue weighted by Crippen LogP contribution is 2.40. The Hall–Kier alpha value is -3.28. The van der Waals surface area contributed by atoms with Gasteiger partial charge in [-0.05, 0) is 36.8 Å². The fourth-order valence-corrected chi connectivity index (χ4v) is 3.32. The van der Waals surface area contributed by atoms with Gasteiger partial charge in [0.1, 0.15) is 5.82 Å².